The number of carbonyl (C=O) groups is 1. The van der Waals surface area contributed by atoms with Gasteiger partial charge in [0.1, 0.15) is 11.6 Å². The lowest BCUT2D eigenvalue weighted by molar-refractivity contribution is -0.139. The molecule has 36 heavy (non-hydrogen) atoms. The fourth-order valence-electron chi connectivity index (χ4n) is 4.86. The zero-order valence-electron chi connectivity index (χ0n) is 23.2. The lowest BCUT2D eigenvalue weighted by atomic mass is 9.78. The van der Waals surface area contributed by atoms with Crippen molar-refractivity contribution in [1.29, 1.82) is 0 Å². The fourth-order valence-corrected chi connectivity index (χ4v) is 4.86. The smallest absolute Gasteiger partial charge is 0.260 e. The van der Waals surface area contributed by atoms with E-state index in [4.69, 9.17) is 4.74 Å². The largest absolute Gasteiger partial charge is 0.483 e. The number of halogens is 1. The predicted molar refractivity (Wildman–Crippen MR) is 143 cm³/mol. The Hall–Kier alpha value is -2.44. The minimum Gasteiger partial charge on any atom is -0.483 e. The Morgan fingerprint density at radius 3 is 2.00 bits per heavy atom. The molecule has 2 aromatic rings. The van der Waals surface area contributed by atoms with Gasteiger partial charge in [-0.2, -0.15) is 0 Å². The van der Waals surface area contributed by atoms with Crippen molar-refractivity contribution in [2.75, 3.05) is 19.7 Å². The van der Waals surface area contributed by atoms with E-state index < -0.39 is 0 Å². The number of carbonyl (C=O) groups excluding carboxylic acids is 1. The van der Waals surface area contributed by atoms with Crippen molar-refractivity contribution in [3.05, 3.63) is 64.5 Å². The van der Waals surface area contributed by atoms with Crippen molar-refractivity contribution in [1.82, 2.24) is 9.80 Å². The van der Waals surface area contributed by atoms with Gasteiger partial charge in [0, 0.05) is 42.8 Å². The SMILES string of the molecule is C[C@@H]1CN(C(=O)COc2c(C(C)(C)C)cc(CO)cc2C(C)(C)C)[C@@H](C)CN1Cc1ccc(F)cc1. The maximum atomic E-state index is 13.4. The van der Waals surface area contributed by atoms with E-state index in [1.807, 2.05) is 29.2 Å². The summed E-state index contributed by atoms with van der Waals surface area (Å²) in [5.41, 5.74) is 3.49. The first-order valence-electron chi connectivity index (χ1n) is 12.9. The highest BCUT2D eigenvalue weighted by molar-refractivity contribution is 5.78. The third-order valence-corrected chi connectivity index (χ3v) is 7.02. The van der Waals surface area contributed by atoms with Crippen LogP contribution in [-0.2, 0) is 28.8 Å². The third kappa shape index (κ3) is 6.65. The first-order chi connectivity index (χ1) is 16.7. The van der Waals surface area contributed by atoms with Gasteiger partial charge >= 0.3 is 0 Å². The zero-order valence-corrected chi connectivity index (χ0v) is 23.2. The molecule has 198 valence electrons. The standard InChI is InChI=1S/C30H43FN2O3/c1-20-16-33(21(2)15-32(20)17-22-9-11-24(31)12-10-22)27(35)19-36-28-25(29(3,4)5)13-23(18-34)14-26(28)30(6,7)8/h9-14,20-21,34H,15-19H2,1-8H3/t20-,21+/m1/s1. The molecule has 2 aromatic carbocycles. The van der Waals surface area contributed by atoms with Gasteiger partial charge in [0.05, 0.1) is 6.61 Å². The number of benzene rings is 2. The fraction of sp³-hybridized carbons (Fsp3) is 0.567. The molecule has 1 saturated heterocycles. The average molecular weight is 499 g/mol. The Morgan fingerprint density at radius 1 is 0.944 bits per heavy atom. The minimum atomic E-state index is -0.231. The molecule has 1 aliphatic heterocycles. The summed E-state index contributed by atoms with van der Waals surface area (Å²) in [6.07, 6.45) is 0. The zero-order chi connectivity index (χ0) is 26.8. The van der Waals surface area contributed by atoms with Gasteiger partial charge in [0.15, 0.2) is 6.61 Å². The van der Waals surface area contributed by atoms with E-state index in [2.05, 4.69) is 60.3 Å². The first-order valence-corrected chi connectivity index (χ1v) is 12.9. The van der Waals surface area contributed by atoms with Gasteiger partial charge in [-0.15, -0.1) is 0 Å². The Kier molecular flexibility index (Phi) is 8.51. The number of hydrogen-bond donors (Lipinski definition) is 1. The maximum absolute atomic E-state index is 13.4. The quantitative estimate of drug-likeness (QED) is 0.578. The number of piperazine rings is 1. The number of hydrogen-bond acceptors (Lipinski definition) is 4. The van der Waals surface area contributed by atoms with Crippen LogP contribution in [0.5, 0.6) is 5.75 Å². The topological polar surface area (TPSA) is 53.0 Å². The molecule has 0 radical (unpaired) electrons. The molecule has 0 bridgehead atoms. The van der Waals surface area contributed by atoms with Crippen LogP contribution in [0.25, 0.3) is 0 Å². The van der Waals surface area contributed by atoms with Gasteiger partial charge in [0.2, 0.25) is 0 Å². The molecule has 5 nitrogen and oxygen atoms in total. The summed E-state index contributed by atoms with van der Waals surface area (Å²) < 4.78 is 19.6. The number of aliphatic hydroxyl groups is 1. The van der Waals surface area contributed by atoms with Gasteiger partial charge in [0.25, 0.3) is 5.91 Å². The predicted octanol–water partition coefficient (Wildman–Crippen LogP) is 5.41. The Labute approximate surface area is 216 Å². The van der Waals surface area contributed by atoms with E-state index in [9.17, 15) is 14.3 Å². The molecule has 1 fully saturated rings. The van der Waals surface area contributed by atoms with E-state index in [0.717, 1.165) is 41.1 Å². The van der Waals surface area contributed by atoms with Crippen LogP contribution in [-0.4, -0.2) is 52.6 Å². The molecule has 1 heterocycles. The van der Waals surface area contributed by atoms with Crippen LogP contribution in [0.2, 0.25) is 0 Å². The summed E-state index contributed by atoms with van der Waals surface area (Å²) in [6, 6.07) is 10.8. The summed E-state index contributed by atoms with van der Waals surface area (Å²) in [5.74, 6) is 0.490. The second-order valence-corrected chi connectivity index (χ2v) is 12.3. The molecule has 1 aliphatic rings. The third-order valence-electron chi connectivity index (χ3n) is 7.02. The van der Waals surface area contributed by atoms with Crippen LogP contribution in [0, 0.1) is 5.82 Å². The summed E-state index contributed by atoms with van der Waals surface area (Å²) in [5, 5.41) is 9.86. The molecular weight excluding hydrogens is 455 g/mol. The van der Waals surface area contributed by atoms with Crippen LogP contribution < -0.4 is 4.74 Å². The van der Waals surface area contributed by atoms with Gasteiger partial charge < -0.3 is 14.7 Å². The van der Waals surface area contributed by atoms with Crippen molar-refractivity contribution in [2.24, 2.45) is 0 Å². The van der Waals surface area contributed by atoms with Crippen LogP contribution in [0.1, 0.15) is 77.6 Å². The highest BCUT2D eigenvalue weighted by Gasteiger charge is 2.33. The lowest BCUT2D eigenvalue weighted by Gasteiger charge is -2.44. The number of ether oxygens (including phenoxy) is 1. The normalized spacial score (nSPS) is 19.4. The molecule has 0 aromatic heterocycles. The highest BCUT2D eigenvalue weighted by atomic mass is 19.1. The minimum absolute atomic E-state index is 0.0262. The molecule has 1 N–H and O–H groups in total. The van der Waals surface area contributed by atoms with Crippen LogP contribution in [0.3, 0.4) is 0 Å². The number of aliphatic hydroxyl groups excluding tert-OH is 1. The van der Waals surface area contributed by atoms with Crippen molar-refractivity contribution >= 4 is 5.91 Å². The van der Waals surface area contributed by atoms with E-state index in [0.29, 0.717) is 6.54 Å². The van der Waals surface area contributed by atoms with E-state index in [1.165, 1.54) is 12.1 Å². The van der Waals surface area contributed by atoms with E-state index in [-0.39, 0.29) is 47.9 Å². The Balaban J connectivity index is 1.76. The summed E-state index contributed by atoms with van der Waals surface area (Å²) in [4.78, 5) is 17.6. The second-order valence-electron chi connectivity index (χ2n) is 12.3. The monoisotopic (exact) mass is 498 g/mol. The molecule has 0 spiro atoms. The van der Waals surface area contributed by atoms with E-state index in [1.54, 1.807) is 0 Å². The molecule has 0 unspecified atom stereocenters. The van der Waals surface area contributed by atoms with Crippen LogP contribution >= 0.6 is 0 Å². The summed E-state index contributed by atoms with van der Waals surface area (Å²) in [7, 11) is 0. The van der Waals surface area contributed by atoms with Crippen molar-refractivity contribution < 1.29 is 19.0 Å². The molecule has 1 amide bonds. The number of amides is 1. The average Bonchev–Trinajstić information content (AvgIpc) is 2.79. The summed E-state index contributed by atoms with van der Waals surface area (Å²) >= 11 is 0. The molecule has 3 rings (SSSR count). The van der Waals surface area contributed by atoms with Crippen LogP contribution in [0.15, 0.2) is 36.4 Å². The Morgan fingerprint density at radius 2 is 1.50 bits per heavy atom. The lowest BCUT2D eigenvalue weighted by Crippen LogP contribution is -2.58. The van der Waals surface area contributed by atoms with Crippen molar-refractivity contribution in [3.63, 3.8) is 0 Å². The van der Waals surface area contributed by atoms with Gasteiger partial charge in [-0.05, 0) is 60.1 Å². The molecule has 6 heteroatoms. The van der Waals surface area contributed by atoms with Crippen molar-refractivity contribution in [3.8, 4) is 5.75 Å². The highest BCUT2D eigenvalue weighted by Crippen LogP contribution is 2.41. The van der Waals surface area contributed by atoms with Gasteiger partial charge in [-0.25, -0.2) is 4.39 Å². The summed E-state index contributed by atoms with van der Waals surface area (Å²) in [6.45, 7) is 18.9. The first kappa shape index (κ1) is 28.1. The maximum Gasteiger partial charge on any atom is 0.260 e. The Bertz CT molecular complexity index is 1020. The molecular formula is C30H43FN2O3. The molecule has 0 aliphatic carbocycles. The van der Waals surface area contributed by atoms with E-state index >= 15 is 0 Å². The number of nitrogens with zero attached hydrogens (tertiary/aromatic N) is 2. The van der Waals surface area contributed by atoms with Crippen LogP contribution in [0.4, 0.5) is 4.39 Å². The van der Waals surface area contributed by atoms with Crippen molar-refractivity contribution in [2.45, 2.75) is 91.5 Å². The van der Waals surface area contributed by atoms with Gasteiger partial charge in [-0.3, -0.25) is 9.69 Å². The molecule has 0 saturated carbocycles. The van der Waals surface area contributed by atoms with Gasteiger partial charge in [-0.1, -0.05) is 53.7 Å². The number of rotatable bonds is 6. The second kappa shape index (κ2) is 10.9. The molecule has 2 atom stereocenters.